The number of benzene rings is 3. The minimum Gasteiger partial charge on any atom is -0.456 e. The van der Waals surface area contributed by atoms with Crippen molar-refractivity contribution in [3.8, 4) is 23.0 Å². The summed E-state index contributed by atoms with van der Waals surface area (Å²) in [6, 6.07) is 19.0. The van der Waals surface area contributed by atoms with Crippen LogP contribution in [0.1, 0.15) is 10.4 Å². The number of carbonyl (C=O) groups excluding carboxylic acids is 1. The summed E-state index contributed by atoms with van der Waals surface area (Å²) in [7, 11) is 0. The summed E-state index contributed by atoms with van der Waals surface area (Å²) >= 11 is 5.87. The molecule has 1 N–H and O–H groups in total. The second-order valence-corrected chi connectivity index (χ2v) is 6.37. The normalized spacial score (nSPS) is 10.6. The number of aromatic nitrogens is 2. The van der Waals surface area contributed by atoms with Gasteiger partial charge in [0.05, 0.1) is 5.56 Å². The van der Waals surface area contributed by atoms with Crippen molar-refractivity contribution in [2.24, 2.45) is 0 Å². The van der Waals surface area contributed by atoms with Gasteiger partial charge < -0.3 is 9.15 Å². The summed E-state index contributed by atoms with van der Waals surface area (Å²) < 4.78 is 24.5. The van der Waals surface area contributed by atoms with Gasteiger partial charge in [0.25, 0.3) is 5.91 Å². The Balaban J connectivity index is 1.53. The van der Waals surface area contributed by atoms with Crippen LogP contribution in [0, 0.1) is 5.82 Å². The molecule has 4 aromatic rings. The molecule has 0 atom stereocenters. The first-order valence-corrected chi connectivity index (χ1v) is 8.89. The van der Waals surface area contributed by atoms with Gasteiger partial charge in [-0.2, -0.15) is 0 Å². The van der Waals surface area contributed by atoms with E-state index in [0.717, 1.165) is 0 Å². The molecule has 1 aromatic heterocycles. The molecule has 0 aliphatic heterocycles. The molecule has 1 heterocycles. The highest BCUT2D eigenvalue weighted by molar-refractivity contribution is 6.30. The molecule has 0 bridgehead atoms. The van der Waals surface area contributed by atoms with Crippen LogP contribution in [0.15, 0.2) is 77.2 Å². The predicted molar refractivity (Wildman–Crippen MR) is 106 cm³/mol. The van der Waals surface area contributed by atoms with Gasteiger partial charge in [-0.1, -0.05) is 34.9 Å². The van der Waals surface area contributed by atoms with E-state index in [-0.39, 0.29) is 29.0 Å². The summed E-state index contributed by atoms with van der Waals surface area (Å²) in [5, 5.41) is 10.9. The number of carbonyl (C=O) groups is 1. The number of rotatable bonds is 5. The van der Waals surface area contributed by atoms with Crippen molar-refractivity contribution in [1.29, 1.82) is 0 Å². The molecule has 0 radical (unpaired) electrons. The molecule has 6 nitrogen and oxygen atoms in total. The van der Waals surface area contributed by atoms with Crippen molar-refractivity contribution in [3.63, 3.8) is 0 Å². The third-order valence-corrected chi connectivity index (χ3v) is 4.14. The van der Waals surface area contributed by atoms with Gasteiger partial charge in [0, 0.05) is 16.7 Å². The fourth-order valence-electron chi connectivity index (χ4n) is 2.55. The van der Waals surface area contributed by atoms with E-state index >= 15 is 0 Å². The van der Waals surface area contributed by atoms with E-state index in [0.29, 0.717) is 10.6 Å². The number of amides is 1. The zero-order valence-electron chi connectivity index (χ0n) is 14.8. The second kappa shape index (κ2) is 8.12. The van der Waals surface area contributed by atoms with E-state index in [1.54, 1.807) is 54.6 Å². The van der Waals surface area contributed by atoms with Crippen LogP contribution < -0.4 is 10.1 Å². The summed E-state index contributed by atoms with van der Waals surface area (Å²) in [6.07, 6.45) is 0. The van der Waals surface area contributed by atoms with Gasteiger partial charge in [0.1, 0.15) is 17.3 Å². The molecule has 0 saturated carbocycles. The van der Waals surface area contributed by atoms with Gasteiger partial charge in [-0.15, -0.1) is 5.10 Å². The molecular formula is C21H13ClFN3O3. The van der Waals surface area contributed by atoms with E-state index in [4.69, 9.17) is 20.8 Å². The van der Waals surface area contributed by atoms with Crippen molar-refractivity contribution in [2.75, 3.05) is 5.32 Å². The third kappa shape index (κ3) is 4.41. The Morgan fingerprint density at radius 1 is 1.00 bits per heavy atom. The lowest BCUT2D eigenvalue weighted by atomic mass is 10.2. The molecule has 4 rings (SSSR count). The largest absolute Gasteiger partial charge is 0.456 e. The van der Waals surface area contributed by atoms with E-state index in [9.17, 15) is 9.18 Å². The molecule has 0 aliphatic rings. The predicted octanol–water partition coefficient (Wildman–Crippen LogP) is 5.57. The topological polar surface area (TPSA) is 77.3 Å². The van der Waals surface area contributed by atoms with Crippen molar-refractivity contribution in [2.45, 2.75) is 0 Å². The van der Waals surface area contributed by atoms with Gasteiger partial charge in [0.2, 0.25) is 5.89 Å². The van der Waals surface area contributed by atoms with E-state index in [1.807, 2.05) is 0 Å². The maximum absolute atomic E-state index is 13.4. The molecule has 0 unspecified atom stereocenters. The first-order valence-electron chi connectivity index (χ1n) is 8.52. The van der Waals surface area contributed by atoms with Crippen LogP contribution in [0.3, 0.4) is 0 Å². The standard InChI is InChI=1S/C21H13ClFN3O3/c22-14-10-8-13(9-11-14)20-25-26-21(29-20)24-19(27)17-6-1-2-7-18(17)28-16-5-3-4-15(23)12-16/h1-12H,(H,24,26,27). The van der Waals surface area contributed by atoms with Crippen LogP contribution in [-0.2, 0) is 0 Å². The Labute approximate surface area is 169 Å². The SMILES string of the molecule is O=C(Nc1nnc(-c2ccc(Cl)cc2)o1)c1ccccc1Oc1cccc(F)c1. The number of anilines is 1. The maximum Gasteiger partial charge on any atom is 0.322 e. The second-order valence-electron chi connectivity index (χ2n) is 5.93. The quantitative estimate of drug-likeness (QED) is 0.466. The maximum atomic E-state index is 13.4. The zero-order valence-corrected chi connectivity index (χ0v) is 15.6. The Hall–Kier alpha value is -3.71. The van der Waals surface area contributed by atoms with Crippen molar-refractivity contribution < 1.29 is 18.3 Å². The smallest absolute Gasteiger partial charge is 0.322 e. The van der Waals surface area contributed by atoms with Crippen molar-refractivity contribution in [3.05, 3.63) is 89.2 Å². The average Bonchev–Trinajstić information content (AvgIpc) is 3.17. The highest BCUT2D eigenvalue weighted by Crippen LogP contribution is 2.27. The van der Waals surface area contributed by atoms with E-state index in [1.165, 1.54) is 18.2 Å². The number of hydrogen-bond donors (Lipinski definition) is 1. The minimum absolute atomic E-state index is 0.0690. The molecule has 8 heteroatoms. The molecule has 0 fully saturated rings. The lowest BCUT2D eigenvalue weighted by Crippen LogP contribution is -2.13. The average molecular weight is 410 g/mol. The van der Waals surface area contributed by atoms with Crippen LogP contribution in [0.5, 0.6) is 11.5 Å². The molecule has 144 valence electrons. The monoisotopic (exact) mass is 409 g/mol. The summed E-state index contributed by atoms with van der Waals surface area (Å²) in [4.78, 5) is 12.7. The van der Waals surface area contributed by atoms with Gasteiger partial charge in [0.15, 0.2) is 0 Å². The zero-order chi connectivity index (χ0) is 20.2. The lowest BCUT2D eigenvalue weighted by Gasteiger charge is -2.10. The number of nitrogens with zero attached hydrogens (tertiary/aromatic N) is 2. The molecule has 0 spiro atoms. The highest BCUT2D eigenvalue weighted by Gasteiger charge is 2.17. The number of hydrogen-bond acceptors (Lipinski definition) is 5. The van der Waals surface area contributed by atoms with E-state index < -0.39 is 11.7 Å². The molecule has 3 aromatic carbocycles. The first kappa shape index (κ1) is 18.6. The van der Waals surface area contributed by atoms with Crippen molar-refractivity contribution in [1.82, 2.24) is 10.2 Å². The van der Waals surface area contributed by atoms with Gasteiger partial charge >= 0.3 is 6.01 Å². The molecule has 0 saturated heterocycles. The fourth-order valence-corrected chi connectivity index (χ4v) is 2.67. The third-order valence-electron chi connectivity index (χ3n) is 3.89. The molecule has 0 aliphatic carbocycles. The lowest BCUT2D eigenvalue weighted by molar-refractivity contribution is 0.102. The number of para-hydroxylation sites is 1. The van der Waals surface area contributed by atoms with Gasteiger partial charge in [-0.3, -0.25) is 10.1 Å². The Morgan fingerprint density at radius 2 is 1.79 bits per heavy atom. The fraction of sp³-hybridized carbons (Fsp3) is 0. The Morgan fingerprint density at radius 3 is 2.59 bits per heavy atom. The first-order chi connectivity index (χ1) is 14.1. The van der Waals surface area contributed by atoms with Crippen LogP contribution in [0.2, 0.25) is 5.02 Å². The number of nitrogens with one attached hydrogen (secondary N) is 1. The van der Waals surface area contributed by atoms with Crippen LogP contribution in [0.4, 0.5) is 10.4 Å². The Kier molecular flexibility index (Phi) is 5.22. The Bertz CT molecular complexity index is 1160. The number of ether oxygens (including phenoxy) is 1. The van der Waals surface area contributed by atoms with Crippen LogP contribution >= 0.6 is 11.6 Å². The van der Waals surface area contributed by atoms with Crippen molar-refractivity contribution >= 4 is 23.5 Å². The molecular weight excluding hydrogens is 397 g/mol. The van der Waals surface area contributed by atoms with E-state index in [2.05, 4.69) is 15.5 Å². The number of halogens is 2. The van der Waals surface area contributed by atoms with Crippen LogP contribution in [-0.4, -0.2) is 16.1 Å². The summed E-state index contributed by atoms with van der Waals surface area (Å²) in [5.41, 5.74) is 0.889. The van der Waals surface area contributed by atoms with Gasteiger partial charge in [-0.25, -0.2) is 4.39 Å². The summed E-state index contributed by atoms with van der Waals surface area (Å²) in [5.74, 6) is -0.185. The van der Waals surface area contributed by atoms with Crippen LogP contribution in [0.25, 0.3) is 11.5 Å². The highest BCUT2D eigenvalue weighted by atomic mass is 35.5. The molecule has 29 heavy (non-hydrogen) atoms. The molecule has 1 amide bonds. The summed E-state index contributed by atoms with van der Waals surface area (Å²) in [6.45, 7) is 0. The minimum atomic E-state index is -0.511. The van der Waals surface area contributed by atoms with Gasteiger partial charge in [-0.05, 0) is 48.5 Å².